The first kappa shape index (κ1) is 12.0. The Morgan fingerprint density at radius 2 is 1.47 bits per heavy atom. The van der Waals surface area contributed by atoms with Crippen LogP contribution in [0.25, 0.3) is 0 Å². The summed E-state index contributed by atoms with van der Waals surface area (Å²) in [6.45, 7) is 9.10. The summed E-state index contributed by atoms with van der Waals surface area (Å²) in [7, 11) is 2.28. The Morgan fingerprint density at radius 1 is 0.882 bits per heavy atom. The second-order valence-electron chi connectivity index (χ2n) is 6.67. The van der Waals surface area contributed by atoms with Crippen molar-refractivity contribution >= 4 is 0 Å². The second kappa shape index (κ2) is 4.89. The van der Waals surface area contributed by atoms with Gasteiger partial charge in [-0.3, -0.25) is 0 Å². The van der Waals surface area contributed by atoms with Crippen LogP contribution in [0, 0.1) is 23.7 Å². The van der Waals surface area contributed by atoms with Gasteiger partial charge in [0.15, 0.2) is 0 Å². The minimum atomic E-state index is 1.04. The van der Waals surface area contributed by atoms with Gasteiger partial charge in [0.05, 0.1) is 0 Å². The molecule has 0 amide bonds. The van der Waals surface area contributed by atoms with Gasteiger partial charge in [-0.05, 0) is 76.0 Å². The van der Waals surface area contributed by atoms with Crippen LogP contribution in [-0.4, -0.2) is 49.6 Å². The molecular formula is C15H28N2. The molecule has 2 unspecified atom stereocenters. The van der Waals surface area contributed by atoms with Gasteiger partial charge in [-0.2, -0.15) is 0 Å². The van der Waals surface area contributed by atoms with Crippen LogP contribution < -0.4 is 0 Å². The molecule has 2 nitrogen and oxygen atoms in total. The summed E-state index contributed by atoms with van der Waals surface area (Å²) in [4.78, 5) is 5.22. The second-order valence-corrected chi connectivity index (χ2v) is 6.67. The SMILES string of the molecule is CCN1CC2CCC(C1)C2C1CCN(C)CC1. The van der Waals surface area contributed by atoms with Gasteiger partial charge >= 0.3 is 0 Å². The van der Waals surface area contributed by atoms with E-state index in [1.807, 2.05) is 0 Å². The van der Waals surface area contributed by atoms with Crippen molar-refractivity contribution in [3.05, 3.63) is 0 Å². The number of piperidine rings is 2. The molecule has 3 rings (SSSR count). The zero-order valence-corrected chi connectivity index (χ0v) is 11.6. The van der Waals surface area contributed by atoms with Crippen LogP contribution in [0.15, 0.2) is 0 Å². The highest BCUT2D eigenvalue weighted by Crippen LogP contribution is 2.48. The molecule has 2 bridgehead atoms. The summed E-state index contributed by atoms with van der Waals surface area (Å²) in [5.41, 5.74) is 0. The van der Waals surface area contributed by atoms with Gasteiger partial charge in [-0.25, -0.2) is 0 Å². The van der Waals surface area contributed by atoms with E-state index < -0.39 is 0 Å². The summed E-state index contributed by atoms with van der Waals surface area (Å²) in [6.07, 6.45) is 6.00. The highest BCUT2D eigenvalue weighted by atomic mass is 15.1. The number of fused-ring (bicyclic) bond motifs is 2. The summed E-state index contributed by atoms with van der Waals surface area (Å²) < 4.78 is 0. The van der Waals surface area contributed by atoms with E-state index in [0.29, 0.717) is 0 Å². The number of rotatable bonds is 2. The van der Waals surface area contributed by atoms with Crippen molar-refractivity contribution in [1.82, 2.24) is 9.80 Å². The van der Waals surface area contributed by atoms with Crippen LogP contribution in [0.1, 0.15) is 32.6 Å². The summed E-state index contributed by atoms with van der Waals surface area (Å²) in [6, 6.07) is 0. The Bertz CT molecular complexity index is 244. The van der Waals surface area contributed by atoms with E-state index >= 15 is 0 Å². The van der Waals surface area contributed by atoms with E-state index in [9.17, 15) is 0 Å². The van der Waals surface area contributed by atoms with E-state index in [-0.39, 0.29) is 0 Å². The normalized spacial score (nSPS) is 40.9. The first-order valence-electron chi connectivity index (χ1n) is 7.68. The van der Waals surface area contributed by atoms with Crippen LogP contribution in [0.2, 0.25) is 0 Å². The third-order valence-corrected chi connectivity index (χ3v) is 5.74. The van der Waals surface area contributed by atoms with Crippen LogP contribution >= 0.6 is 0 Å². The molecule has 2 aliphatic heterocycles. The summed E-state index contributed by atoms with van der Waals surface area (Å²) >= 11 is 0. The van der Waals surface area contributed by atoms with Crippen LogP contribution in [0.3, 0.4) is 0 Å². The van der Waals surface area contributed by atoms with Crippen molar-refractivity contribution in [3.8, 4) is 0 Å². The molecule has 3 fully saturated rings. The molecule has 0 N–H and O–H groups in total. The lowest BCUT2D eigenvalue weighted by atomic mass is 9.72. The molecule has 1 aliphatic carbocycles. The standard InChI is InChI=1S/C15H28N2/c1-3-17-10-13-4-5-14(11-17)15(13)12-6-8-16(2)9-7-12/h12-15H,3-11H2,1-2H3. The van der Waals surface area contributed by atoms with Crippen molar-refractivity contribution in [2.75, 3.05) is 39.8 Å². The molecule has 17 heavy (non-hydrogen) atoms. The zero-order valence-electron chi connectivity index (χ0n) is 11.6. The average Bonchev–Trinajstić information content (AvgIpc) is 2.61. The van der Waals surface area contributed by atoms with Gasteiger partial charge < -0.3 is 9.80 Å². The molecule has 1 saturated carbocycles. The van der Waals surface area contributed by atoms with Crippen molar-refractivity contribution in [2.45, 2.75) is 32.6 Å². The van der Waals surface area contributed by atoms with E-state index in [1.165, 1.54) is 58.4 Å². The molecule has 0 aromatic rings. The van der Waals surface area contributed by atoms with Crippen molar-refractivity contribution in [3.63, 3.8) is 0 Å². The topological polar surface area (TPSA) is 6.48 Å². The van der Waals surface area contributed by atoms with Gasteiger partial charge in [0.2, 0.25) is 0 Å². The molecule has 2 heterocycles. The molecular weight excluding hydrogens is 208 g/mol. The maximum absolute atomic E-state index is 2.70. The Labute approximate surface area is 106 Å². The van der Waals surface area contributed by atoms with Gasteiger partial charge in [0, 0.05) is 13.1 Å². The molecule has 2 atom stereocenters. The van der Waals surface area contributed by atoms with Crippen LogP contribution in [-0.2, 0) is 0 Å². The van der Waals surface area contributed by atoms with Crippen LogP contribution in [0.5, 0.6) is 0 Å². The molecule has 0 aromatic heterocycles. The Hall–Kier alpha value is -0.0800. The van der Waals surface area contributed by atoms with Gasteiger partial charge in [-0.1, -0.05) is 6.92 Å². The molecule has 0 radical (unpaired) electrons. The van der Waals surface area contributed by atoms with E-state index in [1.54, 1.807) is 0 Å². The maximum Gasteiger partial charge on any atom is 0.00125 e. The number of hydrogen-bond acceptors (Lipinski definition) is 2. The highest BCUT2D eigenvalue weighted by molar-refractivity contribution is 4.96. The third kappa shape index (κ3) is 2.26. The Kier molecular flexibility index (Phi) is 3.45. The van der Waals surface area contributed by atoms with Gasteiger partial charge in [-0.15, -0.1) is 0 Å². The largest absolute Gasteiger partial charge is 0.306 e. The van der Waals surface area contributed by atoms with Gasteiger partial charge in [0.1, 0.15) is 0 Å². The van der Waals surface area contributed by atoms with Crippen LogP contribution in [0.4, 0.5) is 0 Å². The maximum atomic E-state index is 2.70. The first-order valence-corrected chi connectivity index (χ1v) is 7.68. The van der Waals surface area contributed by atoms with E-state index in [4.69, 9.17) is 0 Å². The lowest BCUT2D eigenvalue weighted by Gasteiger charge is -2.44. The fourth-order valence-corrected chi connectivity index (χ4v) is 4.80. The van der Waals surface area contributed by atoms with E-state index in [0.717, 1.165) is 23.7 Å². The van der Waals surface area contributed by atoms with Crippen molar-refractivity contribution in [1.29, 1.82) is 0 Å². The molecule has 2 heteroatoms. The predicted molar refractivity (Wildman–Crippen MR) is 72.0 cm³/mol. The number of nitrogens with zero attached hydrogens (tertiary/aromatic N) is 2. The lowest BCUT2D eigenvalue weighted by Crippen LogP contribution is -2.46. The first-order chi connectivity index (χ1) is 8.28. The zero-order chi connectivity index (χ0) is 11.8. The molecule has 2 saturated heterocycles. The fraction of sp³-hybridized carbons (Fsp3) is 1.00. The quantitative estimate of drug-likeness (QED) is 0.726. The molecule has 0 spiro atoms. The molecule has 98 valence electrons. The summed E-state index contributed by atoms with van der Waals surface area (Å²) in [5.74, 6) is 4.23. The van der Waals surface area contributed by atoms with Crippen molar-refractivity contribution < 1.29 is 0 Å². The minimum Gasteiger partial charge on any atom is -0.306 e. The minimum absolute atomic E-state index is 1.04. The number of likely N-dealkylation sites (tertiary alicyclic amines) is 2. The van der Waals surface area contributed by atoms with E-state index in [2.05, 4.69) is 23.8 Å². The lowest BCUT2D eigenvalue weighted by molar-refractivity contribution is 0.0478. The smallest absolute Gasteiger partial charge is 0.00125 e. The Morgan fingerprint density at radius 3 is 2.00 bits per heavy atom. The Balaban J connectivity index is 1.65. The predicted octanol–water partition coefficient (Wildman–Crippen LogP) is 2.31. The molecule has 0 aromatic carbocycles. The third-order valence-electron chi connectivity index (χ3n) is 5.74. The number of hydrogen-bond donors (Lipinski definition) is 0. The fourth-order valence-electron chi connectivity index (χ4n) is 4.80. The monoisotopic (exact) mass is 236 g/mol. The highest BCUT2D eigenvalue weighted by Gasteiger charge is 2.45. The average molecular weight is 236 g/mol. The summed E-state index contributed by atoms with van der Waals surface area (Å²) in [5, 5.41) is 0. The molecule has 3 aliphatic rings. The van der Waals surface area contributed by atoms with Gasteiger partial charge in [0.25, 0.3) is 0 Å². The van der Waals surface area contributed by atoms with Crippen molar-refractivity contribution in [2.24, 2.45) is 23.7 Å².